The van der Waals surface area contributed by atoms with Gasteiger partial charge in [0.15, 0.2) is 5.13 Å². The first kappa shape index (κ1) is 24.6. The average Bonchev–Trinajstić information content (AvgIpc) is 3.20. The van der Waals surface area contributed by atoms with E-state index in [1.807, 2.05) is 5.38 Å². The van der Waals surface area contributed by atoms with Crippen LogP contribution in [0.25, 0.3) is 11.3 Å². The quantitative estimate of drug-likeness (QED) is 0.494. The van der Waals surface area contributed by atoms with Crippen LogP contribution < -0.4 is 5.32 Å². The molecule has 0 aliphatic carbocycles. The monoisotopic (exact) mass is 497 g/mol. The molecular formula is C26H31N3O3S2. The number of nitrogens with one attached hydrogen (secondary N) is 1. The van der Waals surface area contributed by atoms with Crippen LogP contribution in [0.4, 0.5) is 5.13 Å². The molecule has 0 bridgehead atoms. The molecule has 1 N–H and O–H groups in total. The van der Waals surface area contributed by atoms with E-state index in [1.54, 1.807) is 16.4 Å². The van der Waals surface area contributed by atoms with Gasteiger partial charge in [-0.2, -0.15) is 4.31 Å². The highest BCUT2D eigenvalue weighted by Gasteiger charge is 2.31. The normalized spacial score (nSPS) is 19.2. The number of aromatic nitrogens is 1. The highest BCUT2D eigenvalue weighted by molar-refractivity contribution is 7.89. The first-order valence-corrected chi connectivity index (χ1v) is 13.8. The molecule has 1 amide bonds. The van der Waals surface area contributed by atoms with Gasteiger partial charge in [-0.1, -0.05) is 31.5 Å². The van der Waals surface area contributed by atoms with Crippen LogP contribution in [0.15, 0.2) is 46.7 Å². The number of rotatable bonds is 5. The number of carbonyl (C=O) groups excluding carboxylic acids is 1. The lowest BCUT2D eigenvalue weighted by Crippen LogP contribution is -2.42. The smallest absolute Gasteiger partial charge is 0.257 e. The van der Waals surface area contributed by atoms with E-state index < -0.39 is 10.0 Å². The summed E-state index contributed by atoms with van der Waals surface area (Å²) in [6.45, 7) is 11.4. The average molecular weight is 498 g/mol. The van der Waals surface area contributed by atoms with Gasteiger partial charge < -0.3 is 0 Å². The SMILES string of the molecule is Cc1cc(C)c(-c2csc(NC(=O)c3ccc(S(=O)(=O)N4CC(C)CC(C)C4)cc3)n2)c(C)c1. The maximum atomic E-state index is 13.1. The van der Waals surface area contributed by atoms with E-state index in [0.717, 1.165) is 28.8 Å². The van der Waals surface area contributed by atoms with E-state index >= 15 is 0 Å². The topological polar surface area (TPSA) is 79.4 Å². The van der Waals surface area contributed by atoms with Crippen molar-refractivity contribution in [1.29, 1.82) is 0 Å². The number of anilines is 1. The summed E-state index contributed by atoms with van der Waals surface area (Å²) in [5.41, 5.74) is 5.81. The Morgan fingerprint density at radius 3 is 2.21 bits per heavy atom. The molecule has 1 fully saturated rings. The van der Waals surface area contributed by atoms with Crippen molar-refractivity contribution in [2.45, 2.75) is 45.9 Å². The Balaban J connectivity index is 1.48. The van der Waals surface area contributed by atoms with Gasteiger partial charge in [0.2, 0.25) is 10.0 Å². The van der Waals surface area contributed by atoms with Gasteiger partial charge in [-0.15, -0.1) is 11.3 Å². The van der Waals surface area contributed by atoms with Crippen molar-refractivity contribution in [2.24, 2.45) is 11.8 Å². The van der Waals surface area contributed by atoms with Crippen LogP contribution in [0.1, 0.15) is 47.3 Å². The fourth-order valence-corrected chi connectivity index (χ4v) is 7.30. The number of piperidine rings is 1. The lowest BCUT2D eigenvalue weighted by molar-refractivity contribution is 0.102. The van der Waals surface area contributed by atoms with Crippen molar-refractivity contribution < 1.29 is 13.2 Å². The van der Waals surface area contributed by atoms with E-state index in [-0.39, 0.29) is 10.8 Å². The van der Waals surface area contributed by atoms with Gasteiger partial charge in [-0.05, 0) is 74.4 Å². The number of carbonyl (C=O) groups is 1. The van der Waals surface area contributed by atoms with Crippen molar-refractivity contribution >= 4 is 32.4 Å². The molecule has 8 heteroatoms. The van der Waals surface area contributed by atoms with Crippen LogP contribution >= 0.6 is 11.3 Å². The van der Waals surface area contributed by atoms with E-state index in [4.69, 9.17) is 0 Å². The molecule has 0 radical (unpaired) electrons. The number of benzene rings is 2. The standard InChI is InChI=1S/C26H31N3O3S2/c1-16-11-19(4)24(20(5)12-16)23-15-33-26(27-23)28-25(30)21-6-8-22(9-7-21)34(31,32)29-13-17(2)10-18(3)14-29/h6-9,11-12,15,17-18H,10,13-14H2,1-5H3,(H,27,28,30). The molecule has 1 aliphatic rings. The second-order valence-electron chi connectivity index (χ2n) is 9.56. The van der Waals surface area contributed by atoms with Crippen LogP contribution in [0.5, 0.6) is 0 Å². The summed E-state index contributed by atoms with van der Waals surface area (Å²) < 4.78 is 27.7. The number of thiazole rings is 1. The summed E-state index contributed by atoms with van der Waals surface area (Å²) in [6.07, 6.45) is 1.03. The Kier molecular flexibility index (Phi) is 6.94. The van der Waals surface area contributed by atoms with Gasteiger partial charge in [0, 0.05) is 29.6 Å². The van der Waals surface area contributed by atoms with Gasteiger partial charge >= 0.3 is 0 Å². The fraction of sp³-hybridized carbons (Fsp3) is 0.385. The van der Waals surface area contributed by atoms with Gasteiger partial charge in [-0.25, -0.2) is 13.4 Å². The van der Waals surface area contributed by atoms with Crippen LogP contribution in [0, 0.1) is 32.6 Å². The van der Waals surface area contributed by atoms with Crippen molar-refractivity contribution in [2.75, 3.05) is 18.4 Å². The molecule has 180 valence electrons. The summed E-state index contributed by atoms with van der Waals surface area (Å²) >= 11 is 1.37. The van der Waals surface area contributed by atoms with Crippen molar-refractivity contribution in [3.8, 4) is 11.3 Å². The summed E-state index contributed by atoms with van der Waals surface area (Å²) in [4.78, 5) is 17.6. The third-order valence-electron chi connectivity index (χ3n) is 6.25. The molecule has 4 rings (SSSR count). The Morgan fingerprint density at radius 1 is 1.03 bits per heavy atom. The second kappa shape index (κ2) is 9.60. The molecule has 0 saturated carbocycles. The summed E-state index contributed by atoms with van der Waals surface area (Å²) in [6, 6.07) is 10.4. The van der Waals surface area contributed by atoms with Crippen molar-refractivity contribution in [3.05, 3.63) is 64.0 Å². The van der Waals surface area contributed by atoms with Crippen molar-refractivity contribution in [1.82, 2.24) is 9.29 Å². The molecule has 3 aromatic rings. The lowest BCUT2D eigenvalue weighted by Gasteiger charge is -2.34. The second-order valence-corrected chi connectivity index (χ2v) is 12.4. The minimum Gasteiger partial charge on any atom is -0.298 e. The molecule has 1 aliphatic heterocycles. The third kappa shape index (κ3) is 5.09. The van der Waals surface area contributed by atoms with Gasteiger partial charge in [0.1, 0.15) is 0 Å². The van der Waals surface area contributed by atoms with Gasteiger partial charge in [-0.3, -0.25) is 10.1 Å². The maximum absolute atomic E-state index is 13.1. The molecule has 34 heavy (non-hydrogen) atoms. The van der Waals surface area contributed by atoms with Crippen LogP contribution in [0.2, 0.25) is 0 Å². The van der Waals surface area contributed by atoms with Gasteiger partial charge in [0.05, 0.1) is 10.6 Å². The molecule has 6 nitrogen and oxygen atoms in total. The zero-order valence-electron chi connectivity index (χ0n) is 20.3. The molecule has 1 saturated heterocycles. The summed E-state index contributed by atoms with van der Waals surface area (Å²) in [5, 5.41) is 5.29. The molecule has 0 spiro atoms. The zero-order chi connectivity index (χ0) is 24.6. The summed E-state index contributed by atoms with van der Waals surface area (Å²) in [7, 11) is -3.58. The minimum atomic E-state index is -3.58. The summed E-state index contributed by atoms with van der Waals surface area (Å²) in [5.74, 6) is 0.348. The van der Waals surface area contributed by atoms with E-state index in [2.05, 4.69) is 57.1 Å². The maximum Gasteiger partial charge on any atom is 0.257 e. The number of hydrogen-bond donors (Lipinski definition) is 1. The van der Waals surface area contributed by atoms with Gasteiger partial charge in [0.25, 0.3) is 5.91 Å². The van der Waals surface area contributed by atoms with E-state index in [0.29, 0.717) is 35.6 Å². The Hall–Kier alpha value is -2.55. The highest BCUT2D eigenvalue weighted by atomic mass is 32.2. The number of sulfonamides is 1. The minimum absolute atomic E-state index is 0.215. The van der Waals surface area contributed by atoms with Crippen LogP contribution in [-0.4, -0.2) is 36.7 Å². The Morgan fingerprint density at radius 2 is 1.62 bits per heavy atom. The third-order valence-corrected chi connectivity index (χ3v) is 8.85. The molecule has 2 unspecified atom stereocenters. The number of aryl methyl sites for hydroxylation is 3. The fourth-order valence-electron chi connectivity index (χ4n) is 4.93. The molecule has 2 aromatic carbocycles. The molecule has 1 aromatic heterocycles. The Labute approximate surface area is 206 Å². The number of amides is 1. The molecule has 2 atom stereocenters. The van der Waals surface area contributed by atoms with Crippen molar-refractivity contribution in [3.63, 3.8) is 0 Å². The first-order valence-electron chi connectivity index (χ1n) is 11.5. The largest absolute Gasteiger partial charge is 0.298 e. The van der Waals surface area contributed by atoms with E-state index in [1.165, 1.54) is 29.0 Å². The number of hydrogen-bond acceptors (Lipinski definition) is 5. The van der Waals surface area contributed by atoms with E-state index in [9.17, 15) is 13.2 Å². The number of nitrogens with zero attached hydrogens (tertiary/aromatic N) is 2. The zero-order valence-corrected chi connectivity index (χ0v) is 21.9. The van der Waals surface area contributed by atoms with Crippen LogP contribution in [0.3, 0.4) is 0 Å². The highest BCUT2D eigenvalue weighted by Crippen LogP contribution is 2.31. The van der Waals surface area contributed by atoms with Crippen LogP contribution in [-0.2, 0) is 10.0 Å². The lowest BCUT2D eigenvalue weighted by atomic mass is 9.94. The molecule has 2 heterocycles. The first-order chi connectivity index (χ1) is 16.0. The predicted molar refractivity (Wildman–Crippen MR) is 138 cm³/mol. The Bertz CT molecular complexity index is 1280. The molecular weight excluding hydrogens is 466 g/mol. The predicted octanol–water partition coefficient (Wildman–Crippen LogP) is 5.65.